The second kappa shape index (κ2) is 7.30. The number of nitrogens with zero attached hydrogens (tertiary/aromatic N) is 1. The van der Waals surface area contributed by atoms with Gasteiger partial charge in [-0.05, 0) is 17.8 Å². The van der Waals surface area contributed by atoms with Gasteiger partial charge in [0.1, 0.15) is 0 Å². The maximum atomic E-state index is 11.6. The Bertz CT molecular complexity index is 254. The molecule has 0 radical (unpaired) electrons. The summed E-state index contributed by atoms with van der Waals surface area (Å²) in [7, 11) is 1.63. The lowest BCUT2D eigenvalue weighted by Gasteiger charge is -2.25. The Kier molecular flexibility index (Phi) is 6.85. The van der Waals surface area contributed by atoms with Crippen molar-refractivity contribution < 1.29 is 9.59 Å². The van der Waals surface area contributed by atoms with Crippen molar-refractivity contribution in [2.24, 2.45) is 17.8 Å². The predicted octanol–water partition coefficient (Wildman–Crippen LogP) is 1.51. The second-order valence-electron chi connectivity index (χ2n) is 5.33. The van der Waals surface area contributed by atoms with Crippen LogP contribution in [-0.4, -0.2) is 36.9 Å². The number of likely N-dealkylation sites (N-methyl/N-ethyl adjacent to an activating group) is 1. The fourth-order valence-corrected chi connectivity index (χ4v) is 1.86. The molecule has 0 unspecified atom stereocenters. The van der Waals surface area contributed by atoms with Crippen LogP contribution in [0.3, 0.4) is 0 Å². The van der Waals surface area contributed by atoms with Crippen LogP contribution in [0.4, 0.5) is 0 Å². The average Bonchev–Trinajstić information content (AvgIpc) is 2.16. The van der Waals surface area contributed by atoms with Crippen LogP contribution in [0.1, 0.15) is 34.6 Å². The molecule has 0 aromatic rings. The molecule has 0 aliphatic heterocycles. The zero-order chi connectivity index (χ0) is 13.6. The summed E-state index contributed by atoms with van der Waals surface area (Å²) in [5, 5.41) is 2.90. The quantitative estimate of drug-likeness (QED) is 0.767. The third-order valence-electron chi connectivity index (χ3n) is 3.17. The summed E-state index contributed by atoms with van der Waals surface area (Å²) in [6, 6.07) is 0. The third kappa shape index (κ3) is 6.29. The number of carbonyl (C=O) groups is 2. The third-order valence-corrected chi connectivity index (χ3v) is 3.17. The van der Waals surface area contributed by atoms with E-state index in [1.807, 2.05) is 0 Å². The molecule has 4 heteroatoms. The van der Waals surface area contributed by atoms with E-state index in [4.69, 9.17) is 0 Å². The van der Waals surface area contributed by atoms with Crippen molar-refractivity contribution in [3.05, 3.63) is 0 Å². The number of carbonyl (C=O) groups excluding carboxylic acids is 2. The molecule has 0 fully saturated rings. The van der Waals surface area contributed by atoms with E-state index in [1.54, 1.807) is 7.05 Å². The predicted molar refractivity (Wildman–Crippen MR) is 69.5 cm³/mol. The molecule has 0 atom stereocenters. The van der Waals surface area contributed by atoms with Crippen LogP contribution in [0, 0.1) is 17.8 Å². The smallest absolute Gasteiger partial charge is 0.239 e. The summed E-state index contributed by atoms with van der Waals surface area (Å²) in [5.41, 5.74) is 0. The zero-order valence-electron chi connectivity index (χ0n) is 11.9. The monoisotopic (exact) mass is 242 g/mol. The fourth-order valence-electron chi connectivity index (χ4n) is 1.86. The Morgan fingerprint density at radius 1 is 1.12 bits per heavy atom. The Balaban J connectivity index is 4.09. The lowest BCUT2D eigenvalue weighted by molar-refractivity contribution is -0.133. The van der Waals surface area contributed by atoms with E-state index < -0.39 is 0 Å². The first-order valence-electron chi connectivity index (χ1n) is 6.24. The van der Waals surface area contributed by atoms with Gasteiger partial charge in [-0.15, -0.1) is 0 Å². The van der Waals surface area contributed by atoms with Crippen molar-refractivity contribution in [3.63, 3.8) is 0 Å². The van der Waals surface area contributed by atoms with Gasteiger partial charge < -0.3 is 10.2 Å². The van der Waals surface area contributed by atoms with E-state index in [1.165, 1.54) is 11.8 Å². The van der Waals surface area contributed by atoms with E-state index in [0.29, 0.717) is 24.3 Å². The van der Waals surface area contributed by atoms with Gasteiger partial charge in [0.15, 0.2) is 0 Å². The molecular formula is C13H26N2O2. The van der Waals surface area contributed by atoms with Gasteiger partial charge in [-0.1, -0.05) is 27.7 Å². The molecule has 100 valence electrons. The minimum atomic E-state index is -0.0931. The Morgan fingerprint density at radius 2 is 1.59 bits per heavy atom. The van der Waals surface area contributed by atoms with E-state index >= 15 is 0 Å². The van der Waals surface area contributed by atoms with Gasteiger partial charge in [-0.2, -0.15) is 0 Å². The highest BCUT2D eigenvalue weighted by atomic mass is 16.2. The van der Waals surface area contributed by atoms with Gasteiger partial charge in [0.05, 0.1) is 6.54 Å². The van der Waals surface area contributed by atoms with Crippen molar-refractivity contribution in [2.45, 2.75) is 34.6 Å². The van der Waals surface area contributed by atoms with E-state index in [-0.39, 0.29) is 18.4 Å². The average molecular weight is 242 g/mol. The minimum absolute atomic E-state index is 0.0889. The Morgan fingerprint density at radius 3 is 1.94 bits per heavy atom. The van der Waals surface area contributed by atoms with Crippen LogP contribution in [0.2, 0.25) is 0 Å². The summed E-state index contributed by atoms with van der Waals surface area (Å²) in [5.74, 6) is 1.38. The van der Waals surface area contributed by atoms with Gasteiger partial charge in [0.25, 0.3) is 0 Å². The number of nitrogens with one attached hydrogen (secondary N) is 1. The van der Waals surface area contributed by atoms with E-state index in [0.717, 1.165) is 0 Å². The standard InChI is InChI=1S/C13H26N2O2/c1-9(2)12(10(3)4)7-14-13(17)8-15(6)11(5)16/h9-10,12H,7-8H2,1-6H3,(H,14,17). The minimum Gasteiger partial charge on any atom is -0.354 e. The lowest BCUT2D eigenvalue weighted by Crippen LogP contribution is -2.40. The summed E-state index contributed by atoms with van der Waals surface area (Å²) >= 11 is 0. The van der Waals surface area contributed by atoms with Crippen LogP contribution >= 0.6 is 0 Å². The molecule has 0 heterocycles. The SMILES string of the molecule is CC(=O)N(C)CC(=O)NCC(C(C)C)C(C)C. The zero-order valence-corrected chi connectivity index (χ0v) is 11.9. The van der Waals surface area contributed by atoms with Crippen LogP contribution in [0.15, 0.2) is 0 Å². The summed E-state index contributed by atoms with van der Waals surface area (Å²) in [6.45, 7) is 10.9. The molecule has 2 amide bonds. The van der Waals surface area contributed by atoms with Gasteiger partial charge in [0.2, 0.25) is 11.8 Å². The lowest BCUT2D eigenvalue weighted by atomic mass is 9.85. The molecule has 0 aromatic carbocycles. The molecule has 0 bridgehead atoms. The highest BCUT2D eigenvalue weighted by molar-refractivity contribution is 5.83. The Labute approximate surface area is 105 Å². The summed E-state index contributed by atoms with van der Waals surface area (Å²) in [4.78, 5) is 24.0. The van der Waals surface area contributed by atoms with Crippen molar-refractivity contribution in [2.75, 3.05) is 20.1 Å². The van der Waals surface area contributed by atoms with Gasteiger partial charge in [-0.3, -0.25) is 9.59 Å². The molecule has 0 aliphatic rings. The molecule has 17 heavy (non-hydrogen) atoms. The van der Waals surface area contributed by atoms with E-state index in [2.05, 4.69) is 33.0 Å². The molecule has 0 saturated carbocycles. The van der Waals surface area contributed by atoms with Crippen molar-refractivity contribution >= 4 is 11.8 Å². The molecular weight excluding hydrogens is 216 g/mol. The number of hydrogen-bond acceptors (Lipinski definition) is 2. The maximum Gasteiger partial charge on any atom is 0.239 e. The molecule has 0 aromatic heterocycles. The largest absolute Gasteiger partial charge is 0.354 e. The van der Waals surface area contributed by atoms with Crippen molar-refractivity contribution in [1.82, 2.24) is 10.2 Å². The molecule has 0 spiro atoms. The first-order valence-corrected chi connectivity index (χ1v) is 6.24. The van der Waals surface area contributed by atoms with Crippen molar-refractivity contribution in [1.29, 1.82) is 0 Å². The Hall–Kier alpha value is -1.06. The van der Waals surface area contributed by atoms with Gasteiger partial charge in [0, 0.05) is 20.5 Å². The molecule has 1 N–H and O–H groups in total. The van der Waals surface area contributed by atoms with Crippen LogP contribution in [-0.2, 0) is 9.59 Å². The second-order valence-corrected chi connectivity index (χ2v) is 5.33. The fraction of sp³-hybridized carbons (Fsp3) is 0.846. The van der Waals surface area contributed by atoms with Crippen LogP contribution in [0.5, 0.6) is 0 Å². The number of rotatable bonds is 6. The molecule has 4 nitrogen and oxygen atoms in total. The summed E-state index contributed by atoms with van der Waals surface area (Å²) < 4.78 is 0. The topological polar surface area (TPSA) is 49.4 Å². The van der Waals surface area contributed by atoms with Gasteiger partial charge >= 0.3 is 0 Å². The molecule has 0 saturated heterocycles. The van der Waals surface area contributed by atoms with Crippen molar-refractivity contribution in [3.8, 4) is 0 Å². The number of hydrogen-bond donors (Lipinski definition) is 1. The summed E-state index contributed by atoms with van der Waals surface area (Å²) in [6.07, 6.45) is 0. The normalized spacial score (nSPS) is 11.1. The van der Waals surface area contributed by atoms with E-state index in [9.17, 15) is 9.59 Å². The highest BCUT2D eigenvalue weighted by Crippen LogP contribution is 2.19. The van der Waals surface area contributed by atoms with Crippen LogP contribution in [0.25, 0.3) is 0 Å². The first kappa shape index (κ1) is 15.9. The van der Waals surface area contributed by atoms with Crippen LogP contribution < -0.4 is 5.32 Å². The highest BCUT2D eigenvalue weighted by Gasteiger charge is 2.18. The first-order chi connectivity index (χ1) is 7.75. The van der Waals surface area contributed by atoms with Gasteiger partial charge in [-0.25, -0.2) is 0 Å². The molecule has 0 rings (SSSR count). The molecule has 0 aliphatic carbocycles. The maximum absolute atomic E-state index is 11.6. The number of amides is 2.